The highest BCUT2D eigenvalue weighted by Crippen LogP contribution is 2.13. The first-order chi connectivity index (χ1) is 31.0. The fourth-order valence-corrected chi connectivity index (χ4v) is 6.37. The third-order valence-electron chi connectivity index (χ3n) is 10.1. The molecule has 63 heavy (non-hydrogen) atoms. The van der Waals surface area contributed by atoms with Crippen LogP contribution in [0.3, 0.4) is 0 Å². The molecular formula is C57H90O6. The van der Waals surface area contributed by atoms with Crippen LogP contribution in [-0.2, 0) is 28.6 Å². The number of carbonyl (C=O) groups excluding carboxylic acids is 3. The molecule has 0 spiro atoms. The summed E-state index contributed by atoms with van der Waals surface area (Å²) in [7, 11) is 0. The number of carbonyl (C=O) groups is 3. The van der Waals surface area contributed by atoms with Gasteiger partial charge in [0.25, 0.3) is 0 Å². The van der Waals surface area contributed by atoms with E-state index in [1.165, 1.54) is 51.4 Å². The van der Waals surface area contributed by atoms with Gasteiger partial charge in [0.2, 0.25) is 0 Å². The number of unbranched alkanes of at least 4 members (excludes halogenated alkanes) is 18. The first kappa shape index (κ1) is 58.8. The molecule has 0 saturated carbocycles. The second-order valence-corrected chi connectivity index (χ2v) is 16.1. The molecule has 0 radical (unpaired) electrons. The monoisotopic (exact) mass is 871 g/mol. The summed E-state index contributed by atoms with van der Waals surface area (Å²) in [6, 6.07) is 0. The number of hydrogen-bond acceptors (Lipinski definition) is 6. The molecule has 1 atom stereocenters. The normalized spacial score (nSPS) is 13.1. The lowest BCUT2D eigenvalue weighted by molar-refractivity contribution is -0.167. The molecule has 0 saturated heterocycles. The standard InChI is InChI=1S/C57H90O6/c1-4-7-10-13-16-19-22-25-27-28-30-32-35-38-41-44-47-50-56(59)62-53-54(52-61-55(58)49-46-43-40-37-34-31-24-21-18-15-12-9-6-3)63-57(60)51-48-45-42-39-36-33-29-26-23-20-17-14-11-8-5-2/h8-9,11-12,14-21,23-27,29,31,34,54H,4-7,10,13,22,28,30,32-33,35-53H2,1-3H3/b11-8-,12-9-,17-14-,18-15-,19-16-,23-20-,24-21-,27-25-,29-26-,34-31-. The molecule has 1 unspecified atom stereocenters. The summed E-state index contributed by atoms with van der Waals surface area (Å²) in [5.41, 5.74) is 0. The van der Waals surface area contributed by atoms with Crippen molar-refractivity contribution in [3.63, 3.8) is 0 Å². The average Bonchev–Trinajstić information content (AvgIpc) is 3.28. The molecule has 0 N–H and O–H groups in total. The quantitative estimate of drug-likeness (QED) is 0.0200. The van der Waals surface area contributed by atoms with E-state index >= 15 is 0 Å². The van der Waals surface area contributed by atoms with Crippen molar-refractivity contribution in [1.29, 1.82) is 0 Å². The second kappa shape index (κ2) is 50.5. The zero-order chi connectivity index (χ0) is 45.8. The lowest BCUT2D eigenvalue weighted by Crippen LogP contribution is -2.30. The van der Waals surface area contributed by atoms with Gasteiger partial charge >= 0.3 is 17.9 Å². The Labute approximate surface area is 386 Å². The molecule has 0 aliphatic carbocycles. The number of allylic oxidation sites excluding steroid dienone is 20. The molecule has 0 aliphatic heterocycles. The number of esters is 3. The van der Waals surface area contributed by atoms with Crippen molar-refractivity contribution in [1.82, 2.24) is 0 Å². The SMILES string of the molecule is CC\C=C/C=C\C=C/C=C\CCCCCCCC(=O)OC(COC(=O)CCCCC\C=C/C=C\C=C/C=C\CC)COC(=O)CCCCCCCCC/C=C\C/C=C\CCCCC. The van der Waals surface area contributed by atoms with Gasteiger partial charge in [0, 0.05) is 19.3 Å². The molecular weight excluding hydrogens is 781 g/mol. The van der Waals surface area contributed by atoms with E-state index in [1.54, 1.807) is 0 Å². The summed E-state index contributed by atoms with van der Waals surface area (Å²) >= 11 is 0. The molecule has 0 bridgehead atoms. The highest BCUT2D eigenvalue weighted by atomic mass is 16.6. The predicted octanol–water partition coefficient (Wildman–Crippen LogP) is 16.5. The fraction of sp³-hybridized carbons (Fsp3) is 0.596. The third-order valence-corrected chi connectivity index (χ3v) is 10.1. The van der Waals surface area contributed by atoms with Crippen molar-refractivity contribution in [2.24, 2.45) is 0 Å². The van der Waals surface area contributed by atoms with Crippen LogP contribution in [0.2, 0.25) is 0 Å². The van der Waals surface area contributed by atoms with Crippen LogP contribution in [0.25, 0.3) is 0 Å². The molecule has 6 heteroatoms. The van der Waals surface area contributed by atoms with Crippen molar-refractivity contribution >= 4 is 17.9 Å². The van der Waals surface area contributed by atoms with Gasteiger partial charge in [-0.1, -0.05) is 213 Å². The van der Waals surface area contributed by atoms with Crippen LogP contribution in [0.4, 0.5) is 0 Å². The van der Waals surface area contributed by atoms with E-state index in [-0.39, 0.29) is 37.5 Å². The zero-order valence-electron chi connectivity index (χ0n) is 40.3. The van der Waals surface area contributed by atoms with E-state index in [0.717, 1.165) is 109 Å². The Kier molecular flexibility index (Phi) is 47.1. The summed E-state index contributed by atoms with van der Waals surface area (Å²) in [6.07, 6.45) is 68.9. The maximum atomic E-state index is 12.8. The molecule has 354 valence electrons. The molecule has 0 aromatic carbocycles. The molecule has 0 aliphatic rings. The zero-order valence-corrected chi connectivity index (χ0v) is 40.3. The Bertz CT molecular complexity index is 1370. The van der Waals surface area contributed by atoms with Crippen molar-refractivity contribution in [2.45, 2.75) is 207 Å². The average molecular weight is 871 g/mol. The largest absolute Gasteiger partial charge is 0.462 e. The Morgan fingerprint density at radius 3 is 1.11 bits per heavy atom. The van der Waals surface area contributed by atoms with Crippen molar-refractivity contribution in [2.75, 3.05) is 13.2 Å². The Hall–Kier alpha value is -4.19. The van der Waals surface area contributed by atoms with Gasteiger partial charge in [-0.3, -0.25) is 14.4 Å². The fourth-order valence-electron chi connectivity index (χ4n) is 6.37. The van der Waals surface area contributed by atoms with Crippen LogP contribution in [0.1, 0.15) is 201 Å². The first-order valence-corrected chi connectivity index (χ1v) is 25.1. The van der Waals surface area contributed by atoms with Crippen LogP contribution in [0, 0.1) is 0 Å². The van der Waals surface area contributed by atoms with E-state index in [9.17, 15) is 14.4 Å². The summed E-state index contributed by atoms with van der Waals surface area (Å²) in [5, 5.41) is 0. The van der Waals surface area contributed by atoms with Crippen LogP contribution in [0.5, 0.6) is 0 Å². The Morgan fingerprint density at radius 1 is 0.349 bits per heavy atom. The number of rotatable bonds is 43. The summed E-state index contributed by atoms with van der Waals surface area (Å²) in [5.74, 6) is -0.989. The van der Waals surface area contributed by atoms with Crippen LogP contribution in [-0.4, -0.2) is 37.2 Å². The molecule has 0 aromatic rings. The molecule has 0 fully saturated rings. The minimum atomic E-state index is -0.813. The second-order valence-electron chi connectivity index (χ2n) is 16.1. The van der Waals surface area contributed by atoms with Gasteiger partial charge in [0.15, 0.2) is 6.10 Å². The van der Waals surface area contributed by atoms with Gasteiger partial charge < -0.3 is 14.2 Å². The van der Waals surface area contributed by atoms with Gasteiger partial charge in [-0.2, -0.15) is 0 Å². The lowest BCUT2D eigenvalue weighted by Gasteiger charge is -2.18. The Morgan fingerprint density at radius 2 is 0.683 bits per heavy atom. The summed E-state index contributed by atoms with van der Waals surface area (Å²) in [4.78, 5) is 37.9. The van der Waals surface area contributed by atoms with E-state index < -0.39 is 6.10 Å². The highest BCUT2D eigenvalue weighted by Gasteiger charge is 2.19. The van der Waals surface area contributed by atoms with Gasteiger partial charge in [0.05, 0.1) is 0 Å². The molecule has 0 rings (SSSR count). The Balaban J connectivity index is 4.51. The van der Waals surface area contributed by atoms with Gasteiger partial charge in [-0.25, -0.2) is 0 Å². The van der Waals surface area contributed by atoms with E-state index in [2.05, 4.69) is 81.5 Å². The molecule has 0 heterocycles. The van der Waals surface area contributed by atoms with Gasteiger partial charge in [0.1, 0.15) is 13.2 Å². The van der Waals surface area contributed by atoms with Crippen molar-refractivity contribution in [3.05, 3.63) is 122 Å². The van der Waals surface area contributed by atoms with Crippen LogP contribution < -0.4 is 0 Å². The topological polar surface area (TPSA) is 78.9 Å². The first-order valence-electron chi connectivity index (χ1n) is 25.1. The predicted molar refractivity (Wildman–Crippen MR) is 269 cm³/mol. The van der Waals surface area contributed by atoms with Gasteiger partial charge in [-0.15, -0.1) is 0 Å². The highest BCUT2D eigenvalue weighted by molar-refractivity contribution is 5.71. The smallest absolute Gasteiger partial charge is 0.306 e. The van der Waals surface area contributed by atoms with Crippen molar-refractivity contribution < 1.29 is 28.6 Å². The number of hydrogen-bond donors (Lipinski definition) is 0. The van der Waals surface area contributed by atoms with E-state index in [4.69, 9.17) is 14.2 Å². The lowest BCUT2D eigenvalue weighted by atomic mass is 10.1. The minimum Gasteiger partial charge on any atom is -0.462 e. The molecule has 0 amide bonds. The number of ether oxygens (including phenoxy) is 3. The van der Waals surface area contributed by atoms with Crippen LogP contribution in [0.15, 0.2) is 122 Å². The molecule has 0 aromatic heterocycles. The maximum Gasteiger partial charge on any atom is 0.306 e. The molecule has 6 nitrogen and oxygen atoms in total. The minimum absolute atomic E-state index is 0.109. The maximum absolute atomic E-state index is 12.8. The van der Waals surface area contributed by atoms with E-state index in [1.807, 2.05) is 60.8 Å². The van der Waals surface area contributed by atoms with Crippen LogP contribution >= 0.6 is 0 Å². The third kappa shape index (κ3) is 48.7. The van der Waals surface area contributed by atoms with Crippen molar-refractivity contribution in [3.8, 4) is 0 Å². The summed E-state index contributed by atoms with van der Waals surface area (Å²) in [6.45, 7) is 6.25. The van der Waals surface area contributed by atoms with Gasteiger partial charge in [-0.05, 0) is 89.9 Å². The van der Waals surface area contributed by atoms with E-state index in [0.29, 0.717) is 12.8 Å². The summed E-state index contributed by atoms with van der Waals surface area (Å²) < 4.78 is 16.7.